The molecule has 0 amide bonds. The summed E-state index contributed by atoms with van der Waals surface area (Å²) in [7, 11) is 0. The molecule has 0 spiro atoms. The van der Waals surface area contributed by atoms with Crippen LogP contribution in [-0.2, 0) is 0 Å². The van der Waals surface area contributed by atoms with Crippen molar-refractivity contribution < 1.29 is 14.3 Å². The summed E-state index contributed by atoms with van der Waals surface area (Å²) >= 11 is 1.56. The first-order chi connectivity index (χ1) is 8.59. The lowest BCUT2D eigenvalue weighted by atomic mass is 10.1. The number of benzene rings is 1. The van der Waals surface area contributed by atoms with Gasteiger partial charge in [0, 0.05) is 6.04 Å². The molecule has 1 atom stereocenters. The van der Waals surface area contributed by atoms with E-state index in [4.69, 9.17) is 5.11 Å². The second-order valence-corrected chi connectivity index (χ2v) is 4.67. The Hall–Kier alpha value is -1.88. The SMILES string of the molecule is CC(Nc1cccc(F)c1C(=O)O)c1ccsc1. The lowest BCUT2D eigenvalue weighted by molar-refractivity contribution is 0.0693. The van der Waals surface area contributed by atoms with Crippen molar-refractivity contribution in [2.24, 2.45) is 0 Å². The summed E-state index contributed by atoms with van der Waals surface area (Å²) in [5.41, 5.74) is 1.02. The summed E-state index contributed by atoms with van der Waals surface area (Å²) in [5.74, 6) is -2.00. The van der Waals surface area contributed by atoms with Crippen LogP contribution in [0.15, 0.2) is 35.0 Å². The van der Waals surface area contributed by atoms with Gasteiger partial charge in [-0.25, -0.2) is 9.18 Å². The molecule has 1 heterocycles. The van der Waals surface area contributed by atoms with E-state index in [1.807, 2.05) is 23.8 Å². The Morgan fingerprint density at radius 1 is 1.44 bits per heavy atom. The molecule has 0 radical (unpaired) electrons. The van der Waals surface area contributed by atoms with Crippen molar-refractivity contribution in [1.82, 2.24) is 0 Å². The van der Waals surface area contributed by atoms with Gasteiger partial charge in [-0.05, 0) is 41.4 Å². The van der Waals surface area contributed by atoms with E-state index in [-0.39, 0.29) is 11.6 Å². The predicted octanol–water partition coefficient (Wildman–Crippen LogP) is 3.76. The lowest BCUT2D eigenvalue weighted by Gasteiger charge is -2.16. The molecule has 0 bridgehead atoms. The van der Waals surface area contributed by atoms with Gasteiger partial charge in [0.2, 0.25) is 0 Å². The van der Waals surface area contributed by atoms with Gasteiger partial charge in [-0.15, -0.1) is 0 Å². The van der Waals surface area contributed by atoms with Crippen LogP contribution in [0.2, 0.25) is 0 Å². The van der Waals surface area contributed by atoms with Crippen molar-refractivity contribution in [3.63, 3.8) is 0 Å². The van der Waals surface area contributed by atoms with Gasteiger partial charge in [0.25, 0.3) is 0 Å². The average molecular weight is 265 g/mol. The molecular weight excluding hydrogens is 253 g/mol. The zero-order chi connectivity index (χ0) is 13.1. The molecule has 1 aromatic carbocycles. The molecule has 0 aliphatic carbocycles. The quantitative estimate of drug-likeness (QED) is 0.885. The number of carbonyl (C=O) groups is 1. The third-order valence-electron chi connectivity index (χ3n) is 2.64. The maximum absolute atomic E-state index is 13.5. The van der Waals surface area contributed by atoms with Gasteiger partial charge >= 0.3 is 5.97 Å². The number of halogens is 1. The lowest BCUT2D eigenvalue weighted by Crippen LogP contribution is -2.11. The zero-order valence-electron chi connectivity index (χ0n) is 9.68. The van der Waals surface area contributed by atoms with Gasteiger partial charge in [0.05, 0.1) is 5.69 Å². The van der Waals surface area contributed by atoms with E-state index in [0.717, 1.165) is 11.6 Å². The van der Waals surface area contributed by atoms with Gasteiger partial charge in [0.15, 0.2) is 0 Å². The Labute approximate surface area is 108 Å². The second-order valence-electron chi connectivity index (χ2n) is 3.89. The fraction of sp³-hybridized carbons (Fsp3) is 0.154. The standard InChI is InChI=1S/C13H12FNO2S/c1-8(9-5-6-18-7-9)15-11-4-2-3-10(14)12(11)13(16)17/h2-8,15H,1H3,(H,16,17). The summed E-state index contributed by atoms with van der Waals surface area (Å²) < 4.78 is 13.5. The molecule has 5 heteroatoms. The van der Waals surface area contributed by atoms with Crippen LogP contribution in [0.1, 0.15) is 28.9 Å². The van der Waals surface area contributed by atoms with Crippen LogP contribution in [0.3, 0.4) is 0 Å². The van der Waals surface area contributed by atoms with Crippen LogP contribution in [0.5, 0.6) is 0 Å². The maximum atomic E-state index is 13.5. The summed E-state index contributed by atoms with van der Waals surface area (Å²) in [6.45, 7) is 1.90. The summed E-state index contributed by atoms with van der Waals surface area (Å²) in [6, 6.07) is 6.07. The van der Waals surface area contributed by atoms with Crippen molar-refractivity contribution in [1.29, 1.82) is 0 Å². The maximum Gasteiger partial charge on any atom is 0.340 e. The molecule has 0 aliphatic heterocycles. The Kier molecular flexibility index (Phi) is 3.62. The normalized spacial score (nSPS) is 12.1. The number of carboxylic acid groups (broad SMARTS) is 1. The zero-order valence-corrected chi connectivity index (χ0v) is 10.5. The third kappa shape index (κ3) is 2.51. The number of hydrogen-bond donors (Lipinski definition) is 2. The molecule has 3 nitrogen and oxygen atoms in total. The molecule has 0 saturated heterocycles. The molecule has 2 aromatic rings. The Morgan fingerprint density at radius 2 is 2.22 bits per heavy atom. The van der Waals surface area contributed by atoms with Crippen LogP contribution in [0.25, 0.3) is 0 Å². The van der Waals surface area contributed by atoms with E-state index in [1.54, 1.807) is 17.4 Å². The highest BCUT2D eigenvalue weighted by atomic mass is 32.1. The van der Waals surface area contributed by atoms with Crippen LogP contribution in [0.4, 0.5) is 10.1 Å². The summed E-state index contributed by atoms with van der Waals surface area (Å²) in [6.07, 6.45) is 0. The van der Waals surface area contributed by atoms with Crippen molar-refractivity contribution >= 4 is 23.0 Å². The van der Waals surface area contributed by atoms with Gasteiger partial charge in [0.1, 0.15) is 11.4 Å². The molecule has 0 saturated carbocycles. The Balaban J connectivity index is 2.29. The highest BCUT2D eigenvalue weighted by molar-refractivity contribution is 7.07. The Morgan fingerprint density at radius 3 is 2.83 bits per heavy atom. The molecule has 2 N–H and O–H groups in total. The van der Waals surface area contributed by atoms with Crippen LogP contribution < -0.4 is 5.32 Å². The van der Waals surface area contributed by atoms with Gasteiger partial charge in [-0.2, -0.15) is 11.3 Å². The minimum Gasteiger partial charge on any atom is -0.478 e. The first kappa shape index (κ1) is 12.6. The van der Waals surface area contributed by atoms with Crippen molar-refractivity contribution in [3.8, 4) is 0 Å². The topological polar surface area (TPSA) is 49.3 Å². The largest absolute Gasteiger partial charge is 0.478 e. The summed E-state index contributed by atoms with van der Waals surface area (Å²) in [4.78, 5) is 11.0. The number of anilines is 1. The third-order valence-corrected chi connectivity index (χ3v) is 3.34. The molecule has 0 aliphatic rings. The molecular formula is C13H12FNO2S. The average Bonchev–Trinajstić information content (AvgIpc) is 2.81. The first-order valence-corrected chi connectivity index (χ1v) is 6.34. The van der Waals surface area contributed by atoms with E-state index in [2.05, 4.69) is 5.32 Å². The minimum atomic E-state index is -1.27. The first-order valence-electron chi connectivity index (χ1n) is 5.40. The van der Waals surface area contributed by atoms with Gasteiger partial charge in [-0.3, -0.25) is 0 Å². The highest BCUT2D eigenvalue weighted by Crippen LogP contribution is 2.25. The number of carboxylic acids is 1. The smallest absolute Gasteiger partial charge is 0.340 e. The fourth-order valence-corrected chi connectivity index (χ4v) is 2.45. The number of hydrogen-bond acceptors (Lipinski definition) is 3. The van der Waals surface area contributed by atoms with Crippen molar-refractivity contribution in [3.05, 3.63) is 52.0 Å². The van der Waals surface area contributed by atoms with Crippen LogP contribution >= 0.6 is 11.3 Å². The number of nitrogens with one attached hydrogen (secondary N) is 1. The predicted molar refractivity (Wildman–Crippen MR) is 69.7 cm³/mol. The molecule has 94 valence electrons. The molecule has 18 heavy (non-hydrogen) atoms. The van der Waals surface area contributed by atoms with E-state index in [1.165, 1.54) is 6.07 Å². The van der Waals surface area contributed by atoms with E-state index >= 15 is 0 Å². The van der Waals surface area contributed by atoms with E-state index in [0.29, 0.717) is 5.69 Å². The van der Waals surface area contributed by atoms with Crippen LogP contribution in [0, 0.1) is 5.82 Å². The summed E-state index contributed by atoms with van der Waals surface area (Å²) in [5, 5.41) is 15.9. The second kappa shape index (κ2) is 5.18. The number of thiophene rings is 1. The molecule has 2 rings (SSSR count). The Bertz CT molecular complexity index is 554. The molecule has 0 fully saturated rings. The fourth-order valence-electron chi connectivity index (χ4n) is 1.70. The monoisotopic (exact) mass is 265 g/mol. The minimum absolute atomic E-state index is 0.0730. The van der Waals surface area contributed by atoms with E-state index < -0.39 is 11.8 Å². The highest BCUT2D eigenvalue weighted by Gasteiger charge is 2.17. The van der Waals surface area contributed by atoms with E-state index in [9.17, 15) is 9.18 Å². The number of aromatic carboxylic acids is 1. The molecule has 1 aromatic heterocycles. The van der Waals surface area contributed by atoms with Crippen LogP contribution in [-0.4, -0.2) is 11.1 Å². The van der Waals surface area contributed by atoms with Gasteiger partial charge in [-0.1, -0.05) is 6.07 Å². The number of rotatable bonds is 4. The van der Waals surface area contributed by atoms with Crippen molar-refractivity contribution in [2.45, 2.75) is 13.0 Å². The van der Waals surface area contributed by atoms with Gasteiger partial charge < -0.3 is 10.4 Å². The molecule has 1 unspecified atom stereocenters. The van der Waals surface area contributed by atoms with Crippen molar-refractivity contribution in [2.75, 3.05) is 5.32 Å².